The quantitative estimate of drug-likeness (QED) is 0.359. The van der Waals surface area contributed by atoms with Crippen LogP contribution in [0.25, 0.3) is 0 Å². The van der Waals surface area contributed by atoms with Gasteiger partial charge in [-0.25, -0.2) is 4.99 Å². The standard InChI is InChI=1S/C5H9ClN4/c1-8-4-2-3-9-5(6,7)10-4/h2-3,8,10H,7H2,1H3. The molecule has 1 aliphatic rings. The van der Waals surface area contributed by atoms with Gasteiger partial charge >= 0.3 is 0 Å². The smallest absolute Gasteiger partial charge is 0.263 e. The third-order valence-electron chi connectivity index (χ3n) is 1.08. The first kappa shape index (κ1) is 7.37. The normalized spacial score (nSPS) is 30.9. The predicted molar refractivity (Wildman–Crippen MR) is 41.5 cm³/mol. The van der Waals surface area contributed by atoms with E-state index in [0.29, 0.717) is 0 Å². The summed E-state index contributed by atoms with van der Waals surface area (Å²) in [5.74, 6) is 0.757. The number of allylic oxidation sites excluding steroid dienone is 1. The molecule has 0 bridgehead atoms. The van der Waals surface area contributed by atoms with Gasteiger partial charge in [-0.05, 0) is 6.08 Å². The fourth-order valence-corrected chi connectivity index (χ4v) is 0.787. The Morgan fingerprint density at radius 3 is 3.00 bits per heavy atom. The number of alkyl halides is 1. The summed E-state index contributed by atoms with van der Waals surface area (Å²) in [7, 11) is 1.77. The first-order valence-electron chi connectivity index (χ1n) is 2.83. The maximum absolute atomic E-state index is 5.63. The van der Waals surface area contributed by atoms with Gasteiger partial charge in [0.2, 0.25) is 0 Å². The Bertz CT molecular complexity index is 184. The lowest BCUT2D eigenvalue weighted by atomic mass is 10.5. The Hall–Kier alpha value is -0.740. The highest BCUT2D eigenvalue weighted by Crippen LogP contribution is 2.08. The number of rotatable bonds is 1. The molecule has 0 aromatic carbocycles. The zero-order chi connectivity index (χ0) is 7.61. The van der Waals surface area contributed by atoms with E-state index in [1.807, 2.05) is 0 Å². The summed E-state index contributed by atoms with van der Waals surface area (Å²) in [4.78, 5) is 3.75. The second kappa shape index (κ2) is 2.48. The van der Waals surface area contributed by atoms with E-state index in [9.17, 15) is 0 Å². The van der Waals surface area contributed by atoms with Gasteiger partial charge in [-0.15, -0.1) is 0 Å². The van der Waals surface area contributed by atoms with Gasteiger partial charge in [0, 0.05) is 13.3 Å². The van der Waals surface area contributed by atoms with Crippen LogP contribution in [-0.2, 0) is 0 Å². The highest BCUT2D eigenvalue weighted by Gasteiger charge is 2.20. The number of hydrogen-bond acceptors (Lipinski definition) is 4. The average molecular weight is 161 g/mol. The van der Waals surface area contributed by atoms with Gasteiger partial charge in [-0.3, -0.25) is 5.73 Å². The second-order valence-corrected chi connectivity index (χ2v) is 2.48. The molecule has 0 amide bonds. The number of halogens is 1. The summed E-state index contributed by atoms with van der Waals surface area (Å²) >= 11 is 5.63. The second-order valence-electron chi connectivity index (χ2n) is 1.91. The predicted octanol–water partition coefficient (Wildman–Crippen LogP) is -0.470. The van der Waals surface area contributed by atoms with Crippen LogP contribution in [0.15, 0.2) is 16.9 Å². The number of nitrogens with two attached hydrogens (primary N) is 1. The molecule has 5 heteroatoms. The van der Waals surface area contributed by atoms with Crippen molar-refractivity contribution in [2.75, 3.05) is 7.05 Å². The molecule has 4 N–H and O–H groups in total. The van der Waals surface area contributed by atoms with Gasteiger partial charge in [0.25, 0.3) is 5.25 Å². The summed E-state index contributed by atoms with van der Waals surface area (Å²) in [6.07, 6.45) is 3.29. The Morgan fingerprint density at radius 1 is 1.90 bits per heavy atom. The van der Waals surface area contributed by atoms with E-state index in [2.05, 4.69) is 15.6 Å². The van der Waals surface area contributed by atoms with Crippen LogP contribution in [-0.4, -0.2) is 18.5 Å². The third-order valence-corrected chi connectivity index (χ3v) is 1.28. The first-order chi connectivity index (χ1) is 4.64. The Morgan fingerprint density at radius 2 is 2.60 bits per heavy atom. The monoisotopic (exact) mass is 160 g/mol. The van der Waals surface area contributed by atoms with Crippen molar-refractivity contribution in [3.8, 4) is 0 Å². The minimum absolute atomic E-state index is 0.757. The average Bonchev–Trinajstić information content (AvgIpc) is 1.86. The molecule has 0 saturated carbocycles. The van der Waals surface area contributed by atoms with E-state index in [4.69, 9.17) is 17.3 Å². The summed E-state index contributed by atoms with van der Waals surface area (Å²) in [6.45, 7) is 0. The van der Waals surface area contributed by atoms with Gasteiger partial charge in [0.15, 0.2) is 0 Å². The van der Waals surface area contributed by atoms with Crippen molar-refractivity contribution < 1.29 is 0 Å². The topological polar surface area (TPSA) is 62.4 Å². The van der Waals surface area contributed by atoms with Gasteiger partial charge < -0.3 is 10.6 Å². The highest BCUT2D eigenvalue weighted by molar-refractivity contribution is 6.23. The molecular weight excluding hydrogens is 152 g/mol. The number of hydrogen-bond donors (Lipinski definition) is 3. The van der Waals surface area contributed by atoms with E-state index in [1.165, 1.54) is 0 Å². The Labute approximate surface area is 64.1 Å². The van der Waals surface area contributed by atoms with Crippen LogP contribution in [0, 0.1) is 0 Å². The first-order valence-corrected chi connectivity index (χ1v) is 3.21. The lowest BCUT2D eigenvalue weighted by molar-refractivity contribution is 0.521. The van der Waals surface area contributed by atoms with Crippen LogP contribution in [0.1, 0.15) is 0 Å². The van der Waals surface area contributed by atoms with Gasteiger partial charge in [-0.1, -0.05) is 11.6 Å². The van der Waals surface area contributed by atoms with Crippen molar-refractivity contribution in [3.05, 3.63) is 11.9 Å². The van der Waals surface area contributed by atoms with E-state index in [0.717, 1.165) is 5.82 Å². The summed E-state index contributed by atoms with van der Waals surface area (Å²) < 4.78 is 0. The molecule has 4 nitrogen and oxygen atoms in total. The third kappa shape index (κ3) is 1.62. The van der Waals surface area contributed by atoms with Crippen molar-refractivity contribution in [1.82, 2.24) is 10.6 Å². The summed E-state index contributed by atoms with van der Waals surface area (Å²) in [5, 5.41) is 4.40. The number of nitrogens with zero attached hydrogens (tertiary/aromatic N) is 1. The summed E-state index contributed by atoms with van der Waals surface area (Å²) in [5.41, 5.74) is 5.42. The molecule has 1 rings (SSSR count). The van der Waals surface area contributed by atoms with E-state index in [-0.39, 0.29) is 0 Å². The van der Waals surface area contributed by atoms with Gasteiger partial charge in [0.1, 0.15) is 5.82 Å². The fraction of sp³-hybridized carbons (Fsp3) is 0.400. The maximum atomic E-state index is 5.63. The molecule has 0 fully saturated rings. The van der Waals surface area contributed by atoms with Crippen LogP contribution in [0.4, 0.5) is 0 Å². The van der Waals surface area contributed by atoms with E-state index < -0.39 is 5.25 Å². The molecule has 1 aliphatic heterocycles. The molecule has 1 unspecified atom stereocenters. The molecule has 0 saturated heterocycles. The van der Waals surface area contributed by atoms with E-state index in [1.54, 1.807) is 19.3 Å². The molecule has 0 aliphatic carbocycles. The van der Waals surface area contributed by atoms with Crippen LogP contribution in [0.2, 0.25) is 0 Å². The summed E-state index contributed by atoms with van der Waals surface area (Å²) in [6, 6.07) is 0. The molecule has 0 radical (unpaired) electrons. The van der Waals surface area contributed by atoms with Crippen LogP contribution in [0.5, 0.6) is 0 Å². The molecule has 1 atom stereocenters. The van der Waals surface area contributed by atoms with Crippen molar-refractivity contribution in [2.45, 2.75) is 5.25 Å². The minimum atomic E-state index is -1.19. The number of nitrogens with one attached hydrogen (secondary N) is 2. The molecule has 0 aromatic heterocycles. The van der Waals surface area contributed by atoms with Crippen molar-refractivity contribution in [2.24, 2.45) is 10.7 Å². The Kier molecular flexibility index (Phi) is 1.82. The lowest BCUT2D eigenvalue weighted by Crippen LogP contribution is -2.49. The van der Waals surface area contributed by atoms with Crippen molar-refractivity contribution >= 4 is 17.8 Å². The molecule has 56 valence electrons. The van der Waals surface area contributed by atoms with Crippen molar-refractivity contribution in [1.29, 1.82) is 0 Å². The van der Waals surface area contributed by atoms with Crippen LogP contribution in [0.3, 0.4) is 0 Å². The molecule has 1 heterocycles. The molecule has 10 heavy (non-hydrogen) atoms. The number of aliphatic imine (C=N–C) groups is 1. The molecular formula is C5H9ClN4. The SMILES string of the molecule is CNC1=CC=NC(N)(Cl)N1. The zero-order valence-electron chi connectivity index (χ0n) is 5.56. The molecule has 0 aromatic rings. The largest absolute Gasteiger partial charge is 0.375 e. The maximum Gasteiger partial charge on any atom is 0.263 e. The van der Waals surface area contributed by atoms with Crippen LogP contribution < -0.4 is 16.4 Å². The molecule has 0 spiro atoms. The van der Waals surface area contributed by atoms with Gasteiger partial charge in [0.05, 0.1) is 0 Å². The van der Waals surface area contributed by atoms with Gasteiger partial charge in [-0.2, -0.15) is 0 Å². The van der Waals surface area contributed by atoms with Crippen LogP contribution >= 0.6 is 11.6 Å². The zero-order valence-corrected chi connectivity index (χ0v) is 6.31. The lowest BCUT2D eigenvalue weighted by Gasteiger charge is -2.23. The van der Waals surface area contributed by atoms with Crippen molar-refractivity contribution in [3.63, 3.8) is 0 Å². The Balaban J connectivity index is 2.68. The fourth-order valence-electron chi connectivity index (χ4n) is 0.629. The minimum Gasteiger partial charge on any atom is -0.375 e. The van der Waals surface area contributed by atoms with E-state index >= 15 is 0 Å². The highest BCUT2D eigenvalue weighted by atomic mass is 35.5.